The van der Waals surface area contributed by atoms with E-state index in [-0.39, 0.29) is 17.3 Å². The molecule has 1 aliphatic heterocycles. The number of hydrogen-bond acceptors (Lipinski definition) is 4. The van der Waals surface area contributed by atoms with Crippen molar-refractivity contribution in [1.29, 1.82) is 0 Å². The van der Waals surface area contributed by atoms with Crippen molar-refractivity contribution in [3.8, 4) is 0 Å². The Bertz CT molecular complexity index is 1020. The number of sulfonamides is 1. The number of benzene rings is 1. The van der Waals surface area contributed by atoms with Crippen molar-refractivity contribution < 1.29 is 13.2 Å². The number of carbonyl (C=O) groups is 1. The second-order valence-corrected chi connectivity index (χ2v) is 9.13. The molecule has 0 bridgehead atoms. The molecule has 29 heavy (non-hydrogen) atoms. The molecule has 1 N–H and O–H groups in total. The molecule has 0 saturated carbocycles. The van der Waals surface area contributed by atoms with Crippen molar-refractivity contribution in [1.82, 2.24) is 8.87 Å². The van der Waals surface area contributed by atoms with Crippen LogP contribution in [0.1, 0.15) is 38.2 Å². The van der Waals surface area contributed by atoms with Gasteiger partial charge in [-0.15, -0.1) is 0 Å². The highest BCUT2D eigenvalue weighted by Crippen LogP contribution is 2.18. The first-order valence-corrected chi connectivity index (χ1v) is 11.4. The molecule has 1 fully saturated rings. The number of amides is 1. The van der Waals surface area contributed by atoms with Gasteiger partial charge in [0.25, 0.3) is 5.56 Å². The highest BCUT2D eigenvalue weighted by molar-refractivity contribution is 7.89. The molecular weight excluding hydrogens is 390 g/mol. The van der Waals surface area contributed by atoms with Crippen LogP contribution >= 0.6 is 0 Å². The zero-order valence-electron chi connectivity index (χ0n) is 16.6. The second-order valence-electron chi connectivity index (χ2n) is 7.23. The number of rotatable bonds is 6. The quantitative estimate of drug-likeness (QED) is 0.783. The predicted molar refractivity (Wildman–Crippen MR) is 112 cm³/mol. The van der Waals surface area contributed by atoms with Crippen molar-refractivity contribution in [2.24, 2.45) is 0 Å². The molecule has 1 aromatic carbocycles. The fraction of sp³-hybridized carbons (Fsp3) is 0.429. The molecular formula is C21H27N3O4S. The predicted octanol–water partition coefficient (Wildman–Crippen LogP) is 2.61. The molecule has 1 saturated heterocycles. The van der Waals surface area contributed by atoms with Crippen LogP contribution in [0.2, 0.25) is 0 Å². The number of nitrogens with one attached hydrogen (secondary N) is 1. The fourth-order valence-electron chi connectivity index (χ4n) is 3.48. The van der Waals surface area contributed by atoms with Crippen LogP contribution < -0.4 is 10.9 Å². The Morgan fingerprint density at radius 2 is 1.79 bits per heavy atom. The minimum absolute atomic E-state index is 0.251. The van der Waals surface area contributed by atoms with Crippen LogP contribution in [0.25, 0.3) is 0 Å². The summed E-state index contributed by atoms with van der Waals surface area (Å²) in [6.45, 7) is 2.62. The van der Waals surface area contributed by atoms with Crippen LogP contribution in [-0.4, -0.2) is 36.3 Å². The first-order valence-electron chi connectivity index (χ1n) is 10.00. The van der Waals surface area contributed by atoms with Crippen molar-refractivity contribution >= 4 is 21.6 Å². The molecule has 2 aromatic rings. The molecule has 1 aromatic heterocycles. The molecule has 7 nitrogen and oxygen atoms in total. The van der Waals surface area contributed by atoms with Gasteiger partial charge >= 0.3 is 0 Å². The van der Waals surface area contributed by atoms with Gasteiger partial charge in [-0.25, -0.2) is 8.42 Å². The Kier molecular flexibility index (Phi) is 6.87. The summed E-state index contributed by atoms with van der Waals surface area (Å²) in [5.74, 6) is -0.385. The first kappa shape index (κ1) is 21.3. The molecule has 8 heteroatoms. The summed E-state index contributed by atoms with van der Waals surface area (Å²) in [5, 5.41) is 2.76. The Hall–Kier alpha value is -2.45. The molecule has 0 radical (unpaired) electrons. The lowest BCUT2D eigenvalue weighted by Crippen LogP contribution is -2.37. The normalized spacial score (nSPS) is 15.6. The number of hydrogen-bond donors (Lipinski definition) is 1. The molecule has 0 aliphatic carbocycles. The Labute approximate surface area is 171 Å². The molecule has 3 rings (SSSR count). The van der Waals surface area contributed by atoms with Crippen LogP contribution in [0.5, 0.6) is 0 Å². The van der Waals surface area contributed by atoms with Gasteiger partial charge in [-0.05, 0) is 49.1 Å². The van der Waals surface area contributed by atoms with Crippen LogP contribution in [0.4, 0.5) is 5.69 Å². The first-order chi connectivity index (χ1) is 13.9. The van der Waals surface area contributed by atoms with Gasteiger partial charge in [-0.3, -0.25) is 9.59 Å². The van der Waals surface area contributed by atoms with E-state index in [0.29, 0.717) is 18.8 Å². The Morgan fingerprint density at radius 1 is 1.07 bits per heavy atom. The van der Waals surface area contributed by atoms with E-state index in [9.17, 15) is 18.0 Å². The van der Waals surface area contributed by atoms with Crippen LogP contribution in [-0.2, 0) is 27.8 Å². The monoisotopic (exact) mass is 417 g/mol. The summed E-state index contributed by atoms with van der Waals surface area (Å²) in [6, 6.07) is 10.3. The molecule has 2 heterocycles. The Morgan fingerprint density at radius 3 is 2.48 bits per heavy atom. The lowest BCUT2D eigenvalue weighted by Gasteiger charge is -2.20. The van der Waals surface area contributed by atoms with Gasteiger partial charge in [0.1, 0.15) is 11.4 Å². The number of nitrogens with zero attached hydrogens (tertiary/aromatic N) is 2. The average molecular weight is 418 g/mol. The second kappa shape index (κ2) is 9.37. The SMILES string of the molecule is CCc1cccc(NC(=O)Cn2cccc(S(=O)(=O)N3CCCCCC3)c2=O)c1. The van der Waals surface area contributed by atoms with E-state index < -0.39 is 15.6 Å². The minimum Gasteiger partial charge on any atom is -0.325 e. The van der Waals surface area contributed by atoms with E-state index in [1.165, 1.54) is 22.6 Å². The zero-order valence-corrected chi connectivity index (χ0v) is 17.5. The van der Waals surface area contributed by atoms with E-state index in [4.69, 9.17) is 0 Å². The summed E-state index contributed by atoms with van der Waals surface area (Å²) in [4.78, 5) is 24.9. The maximum absolute atomic E-state index is 13.0. The van der Waals surface area contributed by atoms with Gasteiger partial charge in [0, 0.05) is 25.0 Å². The van der Waals surface area contributed by atoms with Crippen LogP contribution in [0.15, 0.2) is 52.3 Å². The van der Waals surface area contributed by atoms with Crippen molar-refractivity contribution in [3.63, 3.8) is 0 Å². The largest absolute Gasteiger partial charge is 0.325 e. The highest BCUT2D eigenvalue weighted by atomic mass is 32.2. The number of pyridine rings is 1. The number of aromatic nitrogens is 1. The van der Waals surface area contributed by atoms with Crippen molar-refractivity contribution in [2.45, 2.75) is 50.5 Å². The summed E-state index contributed by atoms with van der Waals surface area (Å²) in [7, 11) is -3.87. The lowest BCUT2D eigenvalue weighted by molar-refractivity contribution is -0.116. The lowest BCUT2D eigenvalue weighted by atomic mass is 10.1. The number of carbonyl (C=O) groups excluding carboxylic acids is 1. The van der Waals surface area contributed by atoms with Gasteiger partial charge in [-0.2, -0.15) is 4.31 Å². The summed E-state index contributed by atoms with van der Waals surface area (Å²) in [5.41, 5.74) is 1.07. The standard InChI is InChI=1S/C21H27N3O4S/c1-2-17-9-7-10-18(15-17)22-20(25)16-23-12-8-11-19(21(23)26)29(27,28)24-13-5-3-4-6-14-24/h7-12,15H,2-6,13-14,16H2,1H3,(H,22,25). The third kappa shape index (κ3) is 5.13. The van der Waals surface area contributed by atoms with Gasteiger partial charge in [-0.1, -0.05) is 31.9 Å². The average Bonchev–Trinajstić information content (AvgIpc) is 2.99. The van der Waals surface area contributed by atoms with E-state index >= 15 is 0 Å². The fourth-order valence-corrected chi connectivity index (χ4v) is 5.09. The third-order valence-corrected chi connectivity index (χ3v) is 7.01. The van der Waals surface area contributed by atoms with Crippen LogP contribution in [0.3, 0.4) is 0 Å². The van der Waals surface area contributed by atoms with Crippen LogP contribution in [0, 0.1) is 0 Å². The number of aryl methyl sites for hydroxylation is 1. The van der Waals surface area contributed by atoms with Crippen molar-refractivity contribution in [2.75, 3.05) is 18.4 Å². The van der Waals surface area contributed by atoms with Crippen molar-refractivity contribution in [3.05, 3.63) is 58.5 Å². The Balaban J connectivity index is 1.79. The molecule has 1 aliphatic rings. The van der Waals surface area contributed by atoms with Gasteiger partial charge < -0.3 is 9.88 Å². The van der Waals surface area contributed by atoms with Gasteiger partial charge in [0.15, 0.2) is 0 Å². The molecule has 0 atom stereocenters. The summed E-state index contributed by atoms with van der Waals surface area (Å²) >= 11 is 0. The minimum atomic E-state index is -3.87. The highest BCUT2D eigenvalue weighted by Gasteiger charge is 2.28. The molecule has 156 valence electrons. The van der Waals surface area contributed by atoms with E-state index in [2.05, 4.69) is 5.32 Å². The number of anilines is 1. The van der Waals surface area contributed by atoms with E-state index in [1.807, 2.05) is 25.1 Å². The van der Waals surface area contributed by atoms with E-state index in [0.717, 1.165) is 42.2 Å². The molecule has 0 unspecified atom stereocenters. The summed E-state index contributed by atoms with van der Waals surface area (Å²) in [6.07, 6.45) is 5.85. The summed E-state index contributed by atoms with van der Waals surface area (Å²) < 4.78 is 28.5. The molecule has 1 amide bonds. The van der Waals surface area contributed by atoms with Gasteiger partial charge in [0.05, 0.1) is 0 Å². The third-order valence-electron chi connectivity index (χ3n) is 5.10. The molecule has 0 spiro atoms. The topological polar surface area (TPSA) is 88.5 Å². The maximum Gasteiger partial charge on any atom is 0.271 e. The van der Waals surface area contributed by atoms with Gasteiger partial charge in [0.2, 0.25) is 15.9 Å². The van der Waals surface area contributed by atoms with E-state index in [1.54, 1.807) is 6.07 Å². The smallest absolute Gasteiger partial charge is 0.271 e. The maximum atomic E-state index is 13.0. The zero-order chi connectivity index (χ0) is 20.9.